The summed E-state index contributed by atoms with van der Waals surface area (Å²) >= 11 is 0. The largest absolute Gasteiger partial charge is 0.356 e. The zero-order chi connectivity index (χ0) is 21.5. The van der Waals surface area contributed by atoms with Crippen molar-refractivity contribution in [1.29, 1.82) is 0 Å². The lowest BCUT2D eigenvalue weighted by molar-refractivity contribution is 0.410. The maximum Gasteiger partial charge on any atom is 0.191 e. The molecule has 2 aromatic heterocycles. The van der Waals surface area contributed by atoms with E-state index in [2.05, 4.69) is 50.2 Å². The molecule has 0 spiro atoms. The van der Waals surface area contributed by atoms with Crippen LogP contribution in [0.5, 0.6) is 0 Å². The van der Waals surface area contributed by atoms with E-state index in [1.807, 2.05) is 35.5 Å². The smallest absolute Gasteiger partial charge is 0.191 e. The van der Waals surface area contributed by atoms with Gasteiger partial charge >= 0.3 is 0 Å². The Hall–Kier alpha value is -2.43. The highest BCUT2D eigenvalue weighted by molar-refractivity contribution is 14.0. The van der Waals surface area contributed by atoms with Gasteiger partial charge in [-0.2, -0.15) is 5.10 Å². The number of aryl methyl sites for hydroxylation is 1. The number of rotatable bonds is 7. The number of hydrogen-bond donors (Lipinski definition) is 2. The van der Waals surface area contributed by atoms with Crippen LogP contribution in [-0.4, -0.2) is 43.1 Å². The van der Waals surface area contributed by atoms with Crippen molar-refractivity contribution in [2.24, 2.45) is 12.0 Å². The van der Waals surface area contributed by atoms with Gasteiger partial charge in [0.05, 0.1) is 5.69 Å². The van der Waals surface area contributed by atoms with Gasteiger partial charge in [-0.1, -0.05) is 31.4 Å². The molecule has 2 N–H and O–H groups in total. The SMILES string of the molecule is Cc1nnc(CN=C(NCCc2ccc(-n3cccn3)cc2)NC2CCCCC2)n1C.I. The van der Waals surface area contributed by atoms with Crippen LogP contribution in [-0.2, 0) is 20.0 Å². The Kier molecular flexibility index (Phi) is 9.07. The van der Waals surface area contributed by atoms with Gasteiger partial charge in [0.1, 0.15) is 12.4 Å². The van der Waals surface area contributed by atoms with E-state index in [1.54, 1.807) is 6.20 Å². The highest BCUT2D eigenvalue weighted by Crippen LogP contribution is 2.17. The van der Waals surface area contributed by atoms with E-state index in [0.29, 0.717) is 12.6 Å². The topological polar surface area (TPSA) is 85.0 Å². The molecular weight excluding hydrogens is 515 g/mol. The highest BCUT2D eigenvalue weighted by atomic mass is 127. The van der Waals surface area contributed by atoms with Crippen molar-refractivity contribution < 1.29 is 0 Å². The van der Waals surface area contributed by atoms with Crippen molar-refractivity contribution in [1.82, 2.24) is 35.2 Å². The normalized spacial score (nSPS) is 14.8. The van der Waals surface area contributed by atoms with Crippen LogP contribution >= 0.6 is 24.0 Å². The fourth-order valence-electron chi connectivity index (χ4n) is 3.89. The summed E-state index contributed by atoms with van der Waals surface area (Å²) in [6.07, 6.45) is 11.0. The second-order valence-electron chi connectivity index (χ2n) is 8.16. The quantitative estimate of drug-likeness (QED) is 0.268. The first-order valence-corrected chi connectivity index (χ1v) is 11.2. The maximum absolute atomic E-state index is 4.80. The maximum atomic E-state index is 4.80. The summed E-state index contributed by atoms with van der Waals surface area (Å²) in [5, 5.41) is 19.8. The third-order valence-corrected chi connectivity index (χ3v) is 5.92. The first kappa shape index (κ1) is 24.2. The van der Waals surface area contributed by atoms with Crippen molar-refractivity contribution in [2.45, 2.75) is 58.0 Å². The van der Waals surface area contributed by atoms with Crippen LogP contribution in [0.4, 0.5) is 0 Å². The third-order valence-electron chi connectivity index (χ3n) is 5.92. The molecule has 1 saturated carbocycles. The van der Waals surface area contributed by atoms with Gasteiger partial charge in [0.15, 0.2) is 11.8 Å². The number of benzene rings is 1. The minimum Gasteiger partial charge on any atom is -0.356 e. The van der Waals surface area contributed by atoms with E-state index >= 15 is 0 Å². The van der Waals surface area contributed by atoms with Crippen LogP contribution in [0.2, 0.25) is 0 Å². The Morgan fingerprint density at radius 3 is 2.56 bits per heavy atom. The van der Waals surface area contributed by atoms with Gasteiger partial charge in [-0.3, -0.25) is 0 Å². The Bertz CT molecular complexity index is 972. The molecule has 0 aliphatic heterocycles. The van der Waals surface area contributed by atoms with E-state index in [0.717, 1.165) is 36.3 Å². The molecule has 2 heterocycles. The second kappa shape index (κ2) is 12.0. The first-order chi connectivity index (χ1) is 15.2. The predicted octanol–water partition coefficient (Wildman–Crippen LogP) is 3.54. The van der Waals surface area contributed by atoms with Crippen LogP contribution in [0.15, 0.2) is 47.7 Å². The zero-order valence-electron chi connectivity index (χ0n) is 18.9. The molecule has 3 aromatic rings. The standard InChI is InChI=1S/C23H32N8.HI/c1-18-28-29-22(30(18)2)17-25-23(27-20-7-4-3-5-8-20)24-15-13-19-9-11-21(12-10-19)31-16-6-14-26-31;/h6,9-12,14,16,20H,3-5,7-8,13,15,17H2,1-2H3,(H2,24,25,27);1H. The van der Waals surface area contributed by atoms with Crippen LogP contribution in [0.25, 0.3) is 5.69 Å². The van der Waals surface area contributed by atoms with Gasteiger partial charge in [0.25, 0.3) is 0 Å². The molecule has 32 heavy (non-hydrogen) atoms. The number of aromatic nitrogens is 5. The Morgan fingerprint density at radius 2 is 1.91 bits per heavy atom. The Balaban J connectivity index is 0.00000289. The van der Waals surface area contributed by atoms with Crippen molar-refractivity contribution in [3.8, 4) is 5.69 Å². The van der Waals surface area contributed by atoms with Gasteiger partial charge in [0.2, 0.25) is 0 Å². The zero-order valence-corrected chi connectivity index (χ0v) is 21.2. The minimum atomic E-state index is 0. The average Bonchev–Trinajstić information content (AvgIpc) is 3.44. The summed E-state index contributed by atoms with van der Waals surface area (Å²) in [6, 6.07) is 11.0. The molecule has 172 valence electrons. The average molecular weight is 548 g/mol. The van der Waals surface area contributed by atoms with Crippen LogP contribution in [0.3, 0.4) is 0 Å². The van der Waals surface area contributed by atoms with E-state index in [4.69, 9.17) is 4.99 Å². The molecule has 1 aromatic carbocycles. The second-order valence-corrected chi connectivity index (χ2v) is 8.16. The van der Waals surface area contributed by atoms with Crippen molar-refractivity contribution in [3.05, 3.63) is 59.9 Å². The van der Waals surface area contributed by atoms with Crippen LogP contribution < -0.4 is 10.6 Å². The summed E-state index contributed by atoms with van der Waals surface area (Å²) < 4.78 is 3.86. The Morgan fingerprint density at radius 1 is 1.12 bits per heavy atom. The molecule has 0 atom stereocenters. The Labute approximate surface area is 206 Å². The van der Waals surface area contributed by atoms with E-state index < -0.39 is 0 Å². The fourth-order valence-corrected chi connectivity index (χ4v) is 3.89. The summed E-state index contributed by atoms with van der Waals surface area (Å²) in [5.74, 6) is 2.63. The highest BCUT2D eigenvalue weighted by Gasteiger charge is 2.15. The van der Waals surface area contributed by atoms with Crippen molar-refractivity contribution in [2.75, 3.05) is 6.54 Å². The molecule has 0 radical (unpaired) electrons. The molecular formula is C23H33IN8. The fraction of sp³-hybridized carbons (Fsp3) is 0.478. The number of halogens is 1. The lowest BCUT2D eigenvalue weighted by Crippen LogP contribution is -2.44. The van der Waals surface area contributed by atoms with Crippen molar-refractivity contribution >= 4 is 29.9 Å². The van der Waals surface area contributed by atoms with E-state index in [9.17, 15) is 0 Å². The summed E-state index contributed by atoms with van der Waals surface area (Å²) in [7, 11) is 1.98. The number of hydrogen-bond acceptors (Lipinski definition) is 4. The molecule has 4 rings (SSSR count). The summed E-state index contributed by atoms with van der Waals surface area (Å²) in [4.78, 5) is 4.80. The van der Waals surface area contributed by atoms with Crippen LogP contribution in [0, 0.1) is 6.92 Å². The van der Waals surface area contributed by atoms with Gasteiger partial charge in [-0.05, 0) is 49.9 Å². The minimum absolute atomic E-state index is 0. The molecule has 1 fully saturated rings. The summed E-state index contributed by atoms with van der Waals surface area (Å²) in [5.41, 5.74) is 2.35. The first-order valence-electron chi connectivity index (χ1n) is 11.2. The predicted molar refractivity (Wildman–Crippen MR) is 138 cm³/mol. The third kappa shape index (κ3) is 6.54. The number of guanidine groups is 1. The molecule has 0 amide bonds. The van der Waals surface area contributed by atoms with E-state index in [1.165, 1.54) is 37.7 Å². The van der Waals surface area contributed by atoms with E-state index in [-0.39, 0.29) is 24.0 Å². The van der Waals surface area contributed by atoms with Gasteiger partial charge in [-0.15, -0.1) is 34.2 Å². The molecule has 0 saturated heterocycles. The molecule has 8 nitrogen and oxygen atoms in total. The molecule has 0 unspecified atom stereocenters. The summed E-state index contributed by atoms with van der Waals surface area (Å²) in [6.45, 7) is 3.28. The van der Waals surface area contributed by atoms with Gasteiger partial charge < -0.3 is 15.2 Å². The molecule has 1 aliphatic carbocycles. The number of nitrogens with zero attached hydrogens (tertiary/aromatic N) is 6. The lowest BCUT2D eigenvalue weighted by atomic mass is 9.96. The van der Waals surface area contributed by atoms with Gasteiger partial charge in [0, 0.05) is 32.0 Å². The molecule has 0 bridgehead atoms. The molecule has 9 heteroatoms. The van der Waals surface area contributed by atoms with Crippen molar-refractivity contribution in [3.63, 3.8) is 0 Å². The number of aliphatic imine (C=N–C) groups is 1. The van der Waals surface area contributed by atoms with Crippen LogP contribution in [0.1, 0.15) is 49.3 Å². The lowest BCUT2D eigenvalue weighted by Gasteiger charge is -2.25. The van der Waals surface area contributed by atoms with Gasteiger partial charge in [-0.25, -0.2) is 9.67 Å². The number of nitrogens with one attached hydrogen (secondary N) is 2. The molecule has 1 aliphatic rings. The monoisotopic (exact) mass is 548 g/mol.